The molecule has 2 rings (SSSR count). The predicted molar refractivity (Wildman–Crippen MR) is 77.8 cm³/mol. The van der Waals surface area contributed by atoms with Crippen molar-refractivity contribution in [3.05, 3.63) is 11.1 Å². The molecule has 18 heavy (non-hydrogen) atoms. The first-order valence-corrected chi connectivity index (χ1v) is 7.74. The third-order valence-corrected chi connectivity index (χ3v) is 3.65. The molecule has 0 heterocycles. The van der Waals surface area contributed by atoms with E-state index in [0.29, 0.717) is 5.78 Å². The minimum Gasteiger partial charge on any atom is -0.317 e. The van der Waals surface area contributed by atoms with E-state index >= 15 is 0 Å². The van der Waals surface area contributed by atoms with Crippen molar-refractivity contribution in [2.75, 3.05) is 13.1 Å². The molecule has 104 valence electrons. The lowest BCUT2D eigenvalue weighted by Crippen LogP contribution is -2.14. The summed E-state index contributed by atoms with van der Waals surface area (Å²) in [6.45, 7) is 6.72. The summed E-state index contributed by atoms with van der Waals surface area (Å²) >= 11 is 0. The fourth-order valence-corrected chi connectivity index (χ4v) is 2.67. The van der Waals surface area contributed by atoms with E-state index < -0.39 is 0 Å². The zero-order chi connectivity index (χ0) is 13.2. The van der Waals surface area contributed by atoms with Crippen LogP contribution in [0.2, 0.25) is 0 Å². The van der Waals surface area contributed by atoms with E-state index in [0.717, 1.165) is 19.3 Å². The van der Waals surface area contributed by atoms with Crippen molar-refractivity contribution in [2.24, 2.45) is 0 Å². The Hall–Kier alpha value is -0.630. The van der Waals surface area contributed by atoms with Gasteiger partial charge in [-0.15, -0.1) is 0 Å². The van der Waals surface area contributed by atoms with Gasteiger partial charge in [-0.1, -0.05) is 19.4 Å². The van der Waals surface area contributed by atoms with Crippen LogP contribution in [0.4, 0.5) is 0 Å². The molecule has 0 amide bonds. The zero-order valence-electron chi connectivity index (χ0n) is 12.2. The molecule has 0 spiro atoms. The Labute approximate surface area is 112 Å². The summed E-state index contributed by atoms with van der Waals surface area (Å²) in [5.74, 6) is 0.450. The second-order valence-corrected chi connectivity index (χ2v) is 5.32. The normalized spacial score (nSPS) is 19.1. The summed E-state index contributed by atoms with van der Waals surface area (Å²) in [7, 11) is 0. The molecule has 0 bridgehead atoms. The van der Waals surface area contributed by atoms with Gasteiger partial charge in [0.2, 0.25) is 0 Å². The van der Waals surface area contributed by atoms with Crippen LogP contribution in [0.1, 0.15) is 71.6 Å². The van der Waals surface area contributed by atoms with E-state index in [9.17, 15) is 4.79 Å². The number of rotatable bonds is 4. The number of nitrogens with one attached hydrogen (secondary N) is 1. The average Bonchev–Trinajstić information content (AvgIpc) is 2.41. The molecule has 0 aliphatic heterocycles. The fourth-order valence-electron chi connectivity index (χ4n) is 2.67. The Kier molecular flexibility index (Phi) is 7.99. The van der Waals surface area contributed by atoms with Crippen molar-refractivity contribution in [2.45, 2.75) is 71.6 Å². The van der Waals surface area contributed by atoms with E-state index in [1.165, 1.54) is 62.8 Å². The molecule has 0 radical (unpaired) electrons. The largest absolute Gasteiger partial charge is 0.317 e. The van der Waals surface area contributed by atoms with Crippen molar-refractivity contribution < 1.29 is 4.79 Å². The molecule has 0 aromatic heterocycles. The Balaban J connectivity index is 0.000000203. The van der Waals surface area contributed by atoms with Crippen molar-refractivity contribution in [3.8, 4) is 0 Å². The standard InChI is InChI=1S/C10H14O.C6H15N/c11-10-7-3-5-8-4-1-2-6-9(8)10;1-3-5-7-6-4-2/h1-7H2;7H,3-6H2,1-2H3. The third-order valence-electron chi connectivity index (χ3n) is 3.65. The van der Waals surface area contributed by atoms with Crippen LogP contribution in [0.15, 0.2) is 11.1 Å². The first-order valence-electron chi connectivity index (χ1n) is 7.74. The number of carbonyl (C=O) groups is 1. The van der Waals surface area contributed by atoms with Gasteiger partial charge in [0.05, 0.1) is 0 Å². The van der Waals surface area contributed by atoms with Crippen LogP contribution in [0.25, 0.3) is 0 Å². The molecule has 0 atom stereocenters. The van der Waals surface area contributed by atoms with Crippen molar-refractivity contribution in [1.82, 2.24) is 5.32 Å². The quantitative estimate of drug-likeness (QED) is 0.765. The van der Waals surface area contributed by atoms with Gasteiger partial charge in [0, 0.05) is 6.42 Å². The maximum atomic E-state index is 11.4. The molecular formula is C16H29NO. The van der Waals surface area contributed by atoms with E-state index in [2.05, 4.69) is 19.2 Å². The highest BCUT2D eigenvalue weighted by Crippen LogP contribution is 2.33. The fraction of sp³-hybridized carbons (Fsp3) is 0.812. The average molecular weight is 251 g/mol. The molecule has 2 aliphatic carbocycles. The zero-order valence-corrected chi connectivity index (χ0v) is 12.2. The molecule has 0 aromatic carbocycles. The van der Waals surface area contributed by atoms with Crippen LogP contribution in [0.5, 0.6) is 0 Å². The van der Waals surface area contributed by atoms with Gasteiger partial charge in [-0.05, 0) is 70.0 Å². The summed E-state index contributed by atoms with van der Waals surface area (Å²) in [6.07, 6.45) is 10.5. The Morgan fingerprint density at radius 2 is 1.50 bits per heavy atom. The minimum absolute atomic E-state index is 0.450. The van der Waals surface area contributed by atoms with E-state index in [1.54, 1.807) is 0 Å². The van der Waals surface area contributed by atoms with Crippen LogP contribution >= 0.6 is 0 Å². The van der Waals surface area contributed by atoms with Crippen molar-refractivity contribution >= 4 is 5.78 Å². The third kappa shape index (κ3) is 5.34. The Morgan fingerprint density at radius 3 is 2.11 bits per heavy atom. The summed E-state index contributed by atoms with van der Waals surface area (Å²) in [5.41, 5.74) is 2.70. The summed E-state index contributed by atoms with van der Waals surface area (Å²) in [5, 5.41) is 3.28. The molecule has 2 nitrogen and oxygen atoms in total. The number of hydrogen-bond acceptors (Lipinski definition) is 2. The summed E-state index contributed by atoms with van der Waals surface area (Å²) in [6, 6.07) is 0. The number of ketones is 1. The maximum absolute atomic E-state index is 11.4. The van der Waals surface area contributed by atoms with Crippen molar-refractivity contribution in [3.63, 3.8) is 0 Å². The van der Waals surface area contributed by atoms with Gasteiger partial charge >= 0.3 is 0 Å². The lowest BCUT2D eigenvalue weighted by molar-refractivity contribution is -0.116. The second kappa shape index (κ2) is 9.32. The highest BCUT2D eigenvalue weighted by Gasteiger charge is 2.21. The predicted octanol–water partition coefficient (Wildman–Crippen LogP) is 4.01. The van der Waals surface area contributed by atoms with Crippen LogP contribution in [-0.4, -0.2) is 18.9 Å². The van der Waals surface area contributed by atoms with E-state index in [-0.39, 0.29) is 0 Å². The molecular weight excluding hydrogens is 222 g/mol. The van der Waals surface area contributed by atoms with Crippen molar-refractivity contribution in [1.29, 1.82) is 0 Å². The monoisotopic (exact) mass is 251 g/mol. The van der Waals surface area contributed by atoms with E-state index in [4.69, 9.17) is 0 Å². The molecule has 0 saturated carbocycles. The van der Waals surface area contributed by atoms with Crippen LogP contribution in [0, 0.1) is 0 Å². The first-order chi connectivity index (χ1) is 8.79. The van der Waals surface area contributed by atoms with Gasteiger partial charge in [-0.3, -0.25) is 4.79 Å². The molecule has 0 saturated heterocycles. The number of allylic oxidation sites excluding steroid dienone is 2. The SMILES string of the molecule is CCCNCCC.O=C1CCCC2=C1CCCC2. The molecule has 0 unspecified atom stereocenters. The Morgan fingerprint density at radius 1 is 0.889 bits per heavy atom. The first kappa shape index (κ1) is 15.4. The lowest BCUT2D eigenvalue weighted by atomic mass is 9.81. The topological polar surface area (TPSA) is 29.1 Å². The van der Waals surface area contributed by atoms with Crippen LogP contribution in [-0.2, 0) is 4.79 Å². The van der Waals surface area contributed by atoms with Crippen LogP contribution < -0.4 is 5.32 Å². The molecule has 0 fully saturated rings. The molecule has 1 N–H and O–H groups in total. The Bertz CT molecular complexity index is 273. The van der Waals surface area contributed by atoms with Gasteiger partial charge in [0.25, 0.3) is 0 Å². The van der Waals surface area contributed by atoms with Gasteiger partial charge in [-0.2, -0.15) is 0 Å². The highest BCUT2D eigenvalue weighted by molar-refractivity contribution is 5.97. The summed E-state index contributed by atoms with van der Waals surface area (Å²) < 4.78 is 0. The lowest BCUT2D eigenvalue weighted by Gasteiger charge is -2.23. The maximum Gasteiger partial charge on any atom is 0.158 e. The van der Waals surface area contributed by atoms with Gasteiger partial charge in [0.1, 0.15) is 0 Å². The van der Waals surface area contributed by atoms with Gasteiger partial charge in [0.15, 0.2) is 5.78 Å². The van der Waals surface area contributed by atoms with E-state index in [1.807, 2.05) is 0 Å². The summed E-state index contributed by atoms with van der Waals surface area (Å²) in [4.78, 5) is 11.4. The van der Waals surface area contributed by atoms with Crippen LogP contribution in [0.3, 0.4) is 0 Å². The molecule has 2 heteroatoms. The minimum atomic E-state index is 0.450. The smallest absolute Gasteiger partial charge is 0.158 e. The molecule has 2 aliphatic rings. The van der Waals surface area contributed by atoms with Gasteiger partial charge < -0.3 is 5.32 Å². The van der Waals surface area contributed by atoms with Gasteiger partial charge in [-0.25, -0.2) is 0 Å². The second-order valence-electron chi connectivity index (χ2n) is 5.32. The number of hydrogen-bond donors (Lipinski definition) is 1. The number of Topliss-reactive ketones (excluding diaryl/α,β-unsaturated/α-hetero) is 1. The number of carbonyl (C=O) groups excluding carboxylic acids is 1. The highest BCUT2D eigenvalue weighted by atomic mass is 16.1. The molecule has 0 aromatic rings.